The van der Waals surface area contributed by atoms with Crippen LogP contribution in [0, 0.1) is 0 Å². The van der Waals surface area contributed by atoms with Gasteiger partial charge in [-0.3, -0.25) is 18.6 Å². The monoisotopic (exact) mass is 1470 g/mol. The number of nitrogens with zero attached hydrogens (tertiary/aromatic N) is 1. The zero-order valence-corrected chi connectivity index (χ0v) is 69.9. The third kappa shape index (κ3) is 87.3. The van der Waals surface area contributed by atoms with Gasteiger partial charge in [-0.15, -0.1) is 0 Å². The van der Waals surface area contributed by atoms with Gasteiger partial charge in [0.2, 0.25) is 0 Å². The van der Waals surface area contributed by atoms with Gasteiger partial charge in [-0.25, -0.2) is 4.57 Å². The minimum Gasteiger partial charge on any atom is -0.462 e. The predicted octanol–water partition coefficient (Wildman–Crippen LogP) is 30.1. The lowest BCUT2D eigenvalue weighted by molar-refractivity contribution is -0.870. The zero-order valence-electron chi connectivity index (χ0n) is 69.0. The molecular formula is C94H169NO8P+. The standard InChI is InChI=1S/C94H168NO8P/c1-6-8-10-12-14-16-18-20-22-24-26-28-30-32-34-36-38-40-42-44-46-47-49-51-53-55-57-59-61-63-65-67-69-71-73-75-77-79-81-83-85-87-94(97)103-92(91-102-104(98,99)101-89-88-95(3,4)5)90-100-93(96)86-84-82-80-78-76-74-72-70-68-66-64-62-60-58-56-54-52-50-48-45-43-41-39-37-35-33-31-29-27-25-23-21-19-17-15-13-11-9-7-2/h8-11,14-17,20-23,26-29,32-35,92H,6-7,12-13,18-19,24-25,30-31,36-91H2,1-5H3/p+1/b10-8-,11-9-,16-14-,17-15-,22-20-,23-21-,28-26-,29-27-,34-32-,35-33-. The molecular weight excluding hydrogens is 1300 g/mol. The number of carbonyl (C=O) groups excluding carboxylic acids is 2. The first-order valence-corrected chi connectivity index (χ1v) is 45.8. The molecule has 0 saturated carbocycles. The molecule has 0 aliphatic rings. The summed E-state index contributed by atoms with van der Waals surface area (Å²) < 4.78 is 34.9. The average molecular weight is 1470 g/mol. The number of likely N-dealkylation sites (N-methyl/N-ethyl adjacent to an activating group) is 1. The van der Waals surface area contributed by atoms with Gasteiger partial charge in [-0.2, -0.15) is 0 Å². The second-order valence-corrected chi connectivity index (χ2v) is 32.3. The maximum atomic E-state index is 13.0. The summed E-state index contributed by atoms with van der Waals surface area (Å²) in [5.41, 5.74) is 0. The van der Waals surface area contributed by atoms with E-state index in [1.54, 1.807) is 0 Å². The molecule has 602 valence electrons. The van der Waals surface area contributed by atoms with Gasteiger partial charge in [0.25, 0.3) is 0 Å². The van der Waals surface area contributed by atoms with Crippen molar-refractivity contribution in [3.63, 3.8) is 0 Å². The zero-order chi connectivity index (χ0) is 75.4. The highest BCUT2D eigenvalue weighted by Gasteiger charge is 2.27. The summed E-state index contributed by atoms with van der Waals surface area (Å²) in [5, 5.41) is 0. The van der Waals surface area contributed by atoms with Gasteiger partial charge >= 0.3 is 19.8 Å². The van der Waals surface area contributed by atoms with Crippen molar-refractivity contribution in [1.29, 1.82) is 0 Å². The van der Waals surface area contributed by atoms with E-state index in [1.807, 2.05) is 21.1 Å². The molecule has 10 heteroatoms. The summed E-state index contributed by atoms with van der Waals surface area (Å²) in [4.78, 5) is 36.1. The number of esters is 2. The molecule has 0 aliphatic heterocycles. The van der Waals surface area contributed by atoms with Gasteiger partial charge in [0, 0.05) is 12.8 Å². The second-order valence-electron chi connectivity index (χ2n) is 30.9. The van der Waals surface area contributed by atoms with Crippen LogP contribution in [-0.4, -0.2) is 74.9 Å². The van der Waals surface area contributed by atoms with E-state index in [9.17, 15) is 19.0 Å². The van der Waals surface area contributed by atoms with Crippen LogP contribution in [0.5, 0.6) is 0 Å². The largest absolute Gasteiger partial charge is 0.472 e. The number of hydrogen-bond acceptors (Lipinski definition) is 7. The Kier molecular flexibility index (Phi) is 80.6. The van der Waals surface area contributed by atoms with E-state index in [0.717, 1.165) is 96.3 Å². The van der Waals surface area contributed by atoms with Crippen LogP contribution >= 0.6 is 7.82 Å². The van der Waals surface area contributed by atoms with Crippen molar-refractivity contribution in [2.24, 2.45) is 0 Å². The van der Waals surface area contributed by atoms with Crippen LogP contribution in [0.1, 0.15) is 412 Å². The molecule has 0 radical (unpaired) electrons. The summed E-state index contributed by atoms with van der Waals surface area (Å²) in [6.45, 7) is 4.26. The predicted molar refractivity (Wildman–Crippen MR) is 454 cm³/mol. The number of unbranched alkanes of at least 4 members (excludes halogenated alkanes) is 48. The second kappa shape index (κ2) is 83.4. The molecule has 0 aromatic carbocycles. The number of hydrogen-bond donors (Lipinski definition) is 1. The first-order valence-electron chi connectivity index (χ1n) is 44.3. The first kappa shape index (κ1) is 100. The highest BCUT2D eigenvalue weighted by molar-refractivity contribution is 7.47. The Labute approximate surface area is 645 Å². The van der Waals surface area contributed by atoms with Gasteiger partial charge < -0.3 is 18.9 Å². The molecule has 0 bridgehead atoms. The Morgan fingerprint density at radius 1 is 0.298 bits per heavy atom. The summed E-state index contributed by atoms with van der Waals surface area (Å²) in [5.74, 6) is -0.776. The van der Waals surface area contributed by atoms with Crippen LogP contribution in [0.3, 0.4) is 0 Å². The van der Waals surface area contributed by atoms with Gasteiger partial charge in [0.1, 0.15) is 19.8 Å². The smallest absolute Gasteiger partial charge is 0.462 e. The molecule has 0 saturated heterocycles. The van der Waals surface area contributed by atoms with Crippen molar-refractivity contribution in [2.75, 3.05) is 47.5 Å². The summed E-state index contributed by atoms with van der Waals surface area (Å²) in [7, 11) is 1.49. The Hall–Kier alpha value is -3.59. The molecule has 2 unspecified atom stereocenters. The van der Waals surface area contributed by atoms with Crippen LogP contribution in [0.2, 0.25) is 0 Å². The minimum atomic E-state index is -4.40. The van der Waals surface area contributed by atoms with Crippen molar-refractivity contribution in [1.82, 2.24) is 0 Å². The Morgan fingerprint density at radius 3 is 0.769 bits per heavy atom. The number of phosphoric ester groups is 1. The first-order chi connectivity index (χ1) is 51.0. The maximum absolute atomic E-state index is 13.0. The molecule has 9 nitrogen and oxygen atoms in total. The molecule has 0 spiro atoms. The molecule has 0 heterocycles. The fourth-order valence-electron chi connectivity index (χ4n) is 12.8. The maximum Gasteiger partial charge on any atom is 0.472 e. The Bertz CT molecular complexity index is 2180. The SMILES string of the molecule is CC/C=C\C/C=C\C/C=C\C/C=C\C/C=C\CCCCCCCCCCCCCCCCCCCCCCCCCCCC(=O)OC(COC(=O)CCCCCCCCCCCCCCCCCCCCCCCCC/C=C\C/C=C\C/C=C\C/C=C\C/C=C\CC)COP(=O)(O)OCC[N+](C)(C)C. The fourth-order valence-corrected chi connectivity index (χ4v) is 13.6. The molecule has 0 aliphatic carbocycles. The normalized spacial score (nSPS) is 13.6. The highest BCUT2D eigenvalue weighted by Crippen LogP contribution is 2.43. The van der Waals surface area contributed by atoms with Crippen LogP contribution in [0.4, 0.5) is 0 Å². The van der Waals surface area contributed by atoms with Crippen molar-refractivity contribution in [2.45, 2.75) is 418 Å². The molecule has 0 rings (SSSR count). The number of ether oxygens (including phenoxy) is 2. The molecule has 0 aromatic heterocycles. The van der Waals surface area contributed by atoms with Crippen LogP contribution < -0.4 is 0 Å². The number of phosphoric acid groups is 1. The van der Waals surface area contributed by atoms with Gasteiger partial charge in [-0.1, -0.05) is 418 Å². The van der Waals surface area contributed by atoms with E-state index in [2.05, 4.69) is 135 Å². The molecule has 1 N–H and O–H groups in total. The van der Waals surface area contributed by atoms with Gasteiger partial charge in [-0.05, 0) is 103 Å². The summed E-state index contributed by atoms with van der Waals surface area (Å²) >= 11 is 0. The number of quaternary nitrogens is 1. The van der Waals surface area contributed by atoms with E-state index in [0.29, 0.717) is 23.9 Å². The fraction of sp³-hybridized carbons (Fsp3) is 0.766. The lowest BCUT2D eigenvalue weighted by Crippen LogP contribution is -2.37. The topological polar surface area (TPSA) is 108 Å². The summed E-state index contributed by atoms with van der Waals surface area (Å²) in [6, 6.07) is 0. The van der Waals surface area contributed by atoms with Crippen LogP contribution in [0.15, 0.2) is 122 Å². The lowest BCUT2D eigenvalue weighted by Gasteiger charge is -2.24. The molecule has 0 fully saturated rings. The van der Waals surface area contributed by atoms with Crippen molar-refractivity contribution in [3.05, 3.63) is 122 Å². The number of carbonyl (C=O) groups is 2. The third-order valence-electron chi connectivity index (χ3n) is 19.5. The van der Waals surface area contributed by atoms with E-state index < -0.39 is 26.5 Å². The van der Waals surface area contributed by atoms with Gasteiger partial charge in [0.05, 0.1) is 27.7 Å². The Balaban J connectivity index is 3.87. The molecule has 0 amide bonds. The van der Waals surface area contributed by atoms with E-state index in [-0.39, 0.29) is 25.6 Å². The average Bonchev–Trinajstić information content (AvgIpc) is 0.920. The minimum absolute atomic E-state index is 0.0322. The van der Waals surface area contributed by atoms with E-state index in [4.69, 9.17) is 18.5 Å². The van der Waals surface area contributed by atoms with E-state index >= 15 is 0 Å². The number of allylic oxidation sites excluding steroid dienone is 20. The van der Waals surface area contributed by atoms with Crippen molar-refractivity contribution >= 4 is 19.8 Å². The molecule has 0 aromatic rings. The van der Waals surface area contributed by atoms with Crippen molar-refractivity contribution < 1.29 is 42.1 Å². The molecule has 104 heavy (non-hydrogen) atoms. The Morgan fingerprint density at radius 2 is 0.519 bits per heavy atom. The van der Waals surface area contributed by atoms with Crippen LogP contribution in [0.25, 0.3) is 0 Å². The molecule has 2 atom stereocenters. The van der Waals surface area contributed by atoms with Crippen molar-refractivity contribution in [3.8, 4) is 0 Å². The number of rotatable bonds is 82. The quantitative estimate of drug-likeness (QED) is 0.0211. The lowest BCUT2D eigenvalue weighted by atomic mass is 10.0. The van der Waals surface area contributed by atoms with Crippen LogP contribution in [-0.2, 0) is 32.7 Å². The van der Waals surface area contributed by atoms with Gasteiger partial charge in [0.15, 0.2) is 6.10 Å². The van der Waals surface area contributed by atoms with E-state index in [1.165, 1.54) is 283 Å². The highest BCUT2D eigenvalue weighted by atomic mass is 31.2. The summed E-state index contributed by atoms with van der Waals surface area (Å²) in [6.07, 6.45) is 121. The third-order valence-corrected chi connectivity index (χ3v) is 20.5.